The number of ether oxygens (including phenoxy) is 4. The van der Waals surface area contributed by atoms with Crippen molar-refractivity contribution in [2.75, 3.05) is 19.8 Å². The number of unbranched alkanes of at least 4 members (excludes halogenated alkanes) is 24. The van der Waals surface area contributed by atoms with Crippen LogP contribution >= 0.6 is 0 Å². The first-order valence-corrected chi connectivity index (χ1v) is 33.6. The van der Waals surface area contributed by atoms with E-state index >= 15 is 0 Å². The van der Waals surface area contributed by atoms with E-state index in [0.29, 0.717) is 12.8 Å². The van der Waals surface area contributed by atoms with Crippen molar-refractivity contribution in [3.63, 3.8) is 0 Å². The first-order valence-electron chi connectivity index (χ1n) is 33.6. The van der Waals surface area contributed by atoms with Crippen LogP contribution in [0.3, 0.4) is 0 Å². The second kappa shape index (κ2) is 54.8. The van der Waals surface area contributed by atoms with E-state index in [-0.39, 0.29) is 18.9 Å². The Hall–Kier alpha value is -3.35. The Bertz CT molecular complexity index is 1840. The van der Waals surface area contributed by atoms with Gasteiger partial charge >= 0.3 is 0 Å². The molecular formula is C71H121NO13. The Morgan fingerprint density at radius 2 is 0.824 bits per heavy atom. The van der Waals surface area contributed by atoms with E-state index in [0.717, 1.165) is 103 Å². The number of carbonyl (C=O) groups excluding carboxylic acids is 1. The SMILES string of the molecule is CC/C=C\C/C=C\C/C=C\C/C=C\C/C=C\C/C=C\C/C=C\CCCCCCCCCC(=O)NC(COC1OC(CO)C(OC2OC(CO)C(O)C(O)C2O)C(O)C1O)C(O)/C=C/CC/C=C/CCCCCCCCCCCCCCCCCC. The third-order valence-electron chi connectivity index (χ3n) is 15.7. The van der Waals surface area contributed by atoms with Crippen molar-refractivity contribution >= 4 is 5.91 Å². The topological polar surface area (TPSA) is 228 Å². The maximum Gasteiger partial charge on any atom is 0.220 e. The lowest BCUT2D eigenvalue weighted by Crippen LogP contribution is -2.65. The summed E-state index contributed by atoms with van der Waals surface area (Å²) in [6.45, 7) is 2.67. The fraction of sp³-hybridized carbons (Fsp3) is 0.732. The van der Waals surface area contributed by atoms with E-state index in [4.69, 9.17) is 18.9 Å². The minimum absolute atomic E-state index is 0.253. The molecule has 0 bridgehead atoms. The van der Waals surface area contributed by atoms with E-state index in [9.17, 15) is 45.6 Å². The van der Waals surface area contributed by atoms with Crippen molar-refractivity contribution in [3.8, 4) is 0 Å². The number of rotatable bonds is 53. The normalized spacial score (nSPS) is 24.3. The van der Waals surface area contributed by atoms with Gasteiger partial charge in [0, 0.05) is 6.42 Å². The fourth-order valence-electron chi connectivity index (χ4n) is 10.3. The Morgan fingerprint density at radius 3 is 1.29 bits per heavy atom. The highest BCUT2D eigenvalue weighted by atomic mass is 16.7. The van der Waals surface area contributed by atoms with Crippen molar-refractivity contribution in [2.45, 2.75) is 312 Å². The van der Waals surface area contributed by atoms with Gasteiger partial charge in [0.15, 0.2) is 12.6 Å². The van der Waals surface area contributed by atoms with Crippen LogP contribution in [0.1, 0.15) is 239 Å². The minimum Gasteiger partial charge on any atom is -0.394 e. The van der Waals surface area contributed by atoms with Crippen LogP contribution in [0.25, 0.3) is 0 Å². The van der Waals surface area contributed by atoms with Gasteiger partial charge in [-0.25, -0.2) is 0 Å². The average Bonchev–Trinajstić information content (AvgIpc) is 3.69. The number of aliphatic hydroxyl groups is 8. The number of amides is 1. The molecule has 0 aromatic carbocycles. The molecule has 2 aliphatic heterocycles. The maximum absolute atomic E-state index is 13.3. The van der Waals surface area contributed by atoms with E-state index in [1.807, 2.05) is 6.08 Å². The molecule has 2 saturated heterocycles. The molecule has 2 rings (SSSR count). The number of carbonyl (C=O) groups is 1. The van der Waals surface area contributed by atoms with Crippen LogP contribution in [0.15, 0.2) is 109 Å². The molecular weight excluding hydrogens is 1070 g/mol. The van der Waals surface area contributed by atoms with Crippen molar-refractivity contribution in [1.29, 1.82) is 0 Å². The largest absolute Gasteiger partial charge is 0.394 e. The molecule has 2 aliphatic rings. The summed E-state index contributed by atoms with van der Waals surface area (Å²) in [6.07, 6.45) is 61.3. The van der Waals surface area contributed by atoms with Gasteiger partial charge in [0.25, 0.3) is 0 Å². The second-order valence-electron chi connectivity index (χ2n) is 23.2. The molecule has 0 aromatic rings. The predicted molar refractivity (Wildman–Crippen MR) is 345 cm³/mol. The fourth-order valence-corrected chi connectivity index (χ4v) is 10.3. The van der Waals surface area contributed by atoms with Gasteiger partial charge < -0.3 is 65.1 Å². The molecule has 0 aromatic heterocycles. The molecule has 2 heterocycles. The molecule has 2 fully saturated rings. The van der Waals surface area contributed by atoms with E-state index in [1.165, 1.54) is 103 Å². The maximum atomic E-state index is 13.3. The highest BCUT2D eigenvalue weighted by Gasteiger charge is 2.51. The molecule has 12 atom stereocenters. The molecule has 488 valence electrons. The van der Waals surface area contributed by atoms with Crippen LogP contribution in [0.4, 0.5) is 0 Å². The van der Waals surface area contributed by atoms with E-state index in [2.05, 4.69) is 116 Å². The summed E-state index contributed by atoms with van der Waals surface area (Å²) < 4.78 is 22.8. The zero-order chi connectivity index (χ0) is 61.6. The van der Waals surface area contributed by atoms with Gasteiger partial charge in [-0.05, 0) is 89.9 Å². The zero-order valence-electron chi connectivity index (χ0n) is 52.8. The third-order valence-corrected chi connectivity index (χ3v) is 15.7. The van der Waals surface area contributed by atoms with E-state index < -0.39 is 86.8 Å². The quantitative estimate of drug-likeness (QED) is 0.0204. The summed E-state index contributed by atoms with van der Waals surface area (Å²) in [4.78, 5) is 13.3. The highest BCUT2D eigenvalue weighted by molar-refractivity contribution is 5.76. The number of aliphatic hydroxyl groups excluding tert-OH is 8. The van der Waals surface area contributed by atoms with Gasteiger partial charge in [-0.3, -0.25) is 4.79 Å². The van der Waals surface area contributed by atoms with Gasteiger partial charge in [0.05, 0.1) is 32.0 Å². The molecule has 9 N–H and O–H groups in total. The third kappa shape index (κ3) is 39.3. The molecule has 0 aliphatic carbocycles. The van der Waals surface area contributed by atoms with Crippen molar-refractivity contribution in [1.82, 2.24) is 5.32 Å². The zero-order valence-corrected chi connectivity index (χ0v) is 52.8. The average molecular weight is 1200 g/mol. The van der Waals surface area contributed by atoms with Crippen LogP contribution in [-0.4, -0.2) is 140 Å². The highest BCUT2D eigenvalue weighted by Crippen LogP contribution is 2.30. The lowest BCUT2D eigenvalue weighted by molar-refractivity contribution is -0.359. The molecule has 0 spiro atoms. The van der Waals surface area contributed by atoms with Crippen molar-refractivity contribution in [2.24, 2.45) is 0 Å². The standard InChI is InChI=1S/C71H121NO13/c1-3-5-7-9-11-13-15-17-19-21-23-25-27-28-29-30-31-32-33-35-37-39-41-43-45-47-49-51-53-55-63(76)72-59(58-82-70-68(81)66(79)69(62(57-74)84-70)85-71-67(80)65(78)64(77)61(56-73)83-71)60(75)54-52-50-48-46-44-42-40-38-36-34-26-24-22-20-18-16-14-12-10-8-6-4-2/h5,7,11,13,17,19,23,25,28-29,31-32,35,37,44,46,52,54,59-62,64-71,73-75,77-81H,3-4,6,8-10,12,14-16,18,20-22,24,26-27,30,33-34,36,38-43,45,47-51,53,55-58H2,1-2H3,(H,72,76)/b7-5-,13-11-,19-17-,25-23-,29-28-,32-31-,37-35-,46-44+,54-52+. The lowest BCUT2D eigenvalue weighted by atomic mass is 9.97. The molecule has 85 heavy (non-hydrogen) atoms. The molecule has 1 amide bonds. The summed E-state index contributed by atoms with van der Waals surface area (Å²) in [5.41, 5.74) is 0. The van der Waals surface area contributed by atoms with Crippen molar-refractivity contribution in [3.05, 3.63) is 109 Å². The molecule has 0 radical (unpaired) electrons. The smallest absolute Gasteiger partial charge is 0.220 e. The molecule has 0 saturated carbocycles. The van der Waals surface area contributed by atoms with Crippen molar-refractivity contribution < 1.29 is 64.6 Å². The summed E-state index contributed by atoms with van der Waals surface area (Å²) >= 11 is 0. The van der Waals surface area contributed by atoms with Crippen LogP contribution in [0, 0.1) is 0 Å². The Balaban J connectivity index is 1.74. The van der Waals surface area contributed by atoms with Gasteiger partial charge in [0.1, 0.15) is 48.8 Å². The molecule has 14 nitrogen and oxygen atoms in total. The second-order valence-corrected chi connectivity index (χ2v) is 23.2. The Kier molecular flexibility index (Phi) is 50.1. The number of hydrogen-bond acceptors (Lipinski definition) is 13. The Labute approximate surface area is 515 Å². The van der Waals surface area contributed by atoms with Gasteiger partial charge in [-0.2, -0.15) is 0 Å². The summed E-state index contributed by atoms with van der Waals surface area (Å²) in [5.74, 6) is -0.264. The van der Waals surface area contributed by atoms with Gasteiger partial charge in [0.2, 0.25) is 5.91 Å². The Morgan fingerprint density at radius 1 is 0.435 bits per heavy atom. The van der Waals surface area contributed by atoms with Gasteiger partial charge in [-0.15, -0.1) is 0 Å². The number of hydrogen-bond donors (Lipinski definition) is 9. The van der Waals surface area contributed by atoms with Crippen LogP contribution < -0.4 is 5.32 Å². The first kappa shape index (κ1) is 77.7. The van der Waals surface area contributed by atoms with Crippen LogP contribution in [0.5, 0.6) is 0 Å². The monoisotopic (exact) mass is 1200 g/mol. The first-order chi connectivity index (χ1) is 41.6. The summed E-state index contributed by atoms with van der Waals surface area (Å²) in [7, 11) is 0. The molecule has 12 unspecified atom stereocenters. The minimum atomic E-state index is -1.80. The van der Waals surface area contributed by atoms with E-state index in [1.54, 1.807) is 6.08 Å². The van der Waals surface area contributed by atoms with Crippen LogP contribution in [-0.2, 0) is 23.7 Å². The summed E-state index contributed by atoms with van der Waals surface area (Å²) in [6, 6.07) is -0.947. The number of nitrogens with one attached hydrogen (secondary N) is 1. The lowest BCUT2D eigenvalue weighted by Gasteiger charge is -2.46. The predicted octanol–water partition coefficient (Wildman–Crippen LogP) is 13.2. The summed E-state index contributed by atoms with van der Waals surface area (Å²) in [5, 5.41) is 87.3. The van der Waals surface area contributed by atoms with Crippen LogP contribution in [0.2, 0.25) is 0 Å². The molecule has 14 heteroatoms. The number of allylic oxidation sites excluding steroid dienone is 17. The van der Waals surface area contributed by atoms with Gasteiger partial charge in [-0.1, -0.05) is 252 Å².